The minimum Gasteiger partial charge on any atom is -0.496 e. The number of fused-ring (bicyclic) bond motifs is 20. The molecular formula is C99H96N8O. The molecule has 0 spiro atoms. The van der Waals surface area contributed by atoms with Crippen LogP contribution < -0.4 is 4.74 Å². The summed E-state index contributed by atoms with van der Waals surface area (Å²) in [4.78, 5) is 42.3. The maximum Gasteiger partial charge on any atom is 0.164 e. The highest BCUT2D eigenvalue weighted by atomic mass is 16.5. The topological polar surface area (TPSA) is 118 Å². The summed E-state index contributed by atoms with van der Waals surface area (Å²) < 4.78 is 6.03. The maximum absolute atomic E-state index is 6.03. The fourth-order valence-corrected chi connectivity index (χ4v) is 15.3. The Balaban J connectivity index is 1.06. The Labute approximate surface area is 636 Å². The van der Waals surface area contributed by atoms with Gasteiger partial charge in [-0.25, -0.2) is 29.9 Å². The van der Waals surface area contributed by atoms with Crippen molar-refractivity contribution in [2.24, 2.45) is 0 Å². The number of nitrogens with one attached hydrogen (secondary N) is 2. The normalized spacial score (nSPS) is 12.8. The molecule has 0 amide bonds. The van der Waals surface area contributed by atoms with Crippen molar-refractivity contribution in [3.8, 4) is 129 Å². The van der Waals surface area contributed by atoms with Crippen molar-refractivity contribution in [1.29, 1.82) is 0 Å². The van der Waals surface area contributed by atoms with Crippen LogP contribution in [0.15, 0.2) is 224 Å². The van der Waals surface area contributed by atoms with Gasteiger partial charge < -0.3 is 14.7 Å². The van der Waals surface area contributed by atoms with Gasteiger partial charge in [0.1, 0.15) is 28.3 Å². The van der Waals surface area contributed by atoms with Crippen molar-refractivity contribution < 1.29 is 4.74 Å². The van der Waals surface area contributed by atoms with Crippen LogP contribution in [-0.4, -0.2) is 47.0 Å². The molecule has 0 fully saturated rings. The molecule has 9 heteroatoms. The van der Waals surface area contributed by atoms with Gasteiger partial charge in [0, 0.05) is 49.4 Å². The minimum absolute atomic E-state index is 0.0465. The summed E-state index contributed by atoms with van der Waals surface area (Å²) >= 11 is 0. The first-order chi connectivity index (χ1) is 51.2. The molecule has 8 bridgehead atoms. The van der Waals surface area contributed by atoms with E-state index in [-0.39, 0.29) is 32.5 Å². The zero-order valence-electron chi connectivity index (χ0n) is 66.0. The molecule has 11 aromatic carbocycles. The summed E-state index contributed by atoms with van der Waals surface area (Å²) in [6.45, 7) is 40.8. The van der Waals surface area contributed by atoms with E-state index in [4.69, 9.17) is 34.6 Å². The predicted molar refractivity (Wildman–Crippen MR) is 453 cm³/mol. The highest BCUT2D eigenvalue weighted by Crippen LogP contribution is 2.48. The van der Waals surface area contributed by atoms with Crippen LogP contribution in [0.5, 0.6) is 5.75 Å². The van der Waals surface area contributed by atoms with Crippen molar-refractivity contribution in [3.63, 3.8) is 0 Å². The second-order valence-corrected chi connectivity index (χ2v) is 35.9. The van der Waals surface area contributed by atoms with Gasteiger partial charge in [-0.05, 0) is 193 Å². The highest BCUT2D eigenvalue weighted by molar-refractivity contribution is 6.12. The number of aromatic amines is 2. The summed E-state index contributed by atoms with van der Waals surface area (Å²) in [6, 6.07) is 82.9. The van der Waals surface area contributed by atoms with E-state index in [9.17, 15) is 0 Å². The number of rotatable bonds is 8. The van der Waals surface area contributed by atoms with E-state index >= 15 is 0 Å². The predicted octanol–water partition coefficient (Wildman–Crippen LogP) is 26.3. The number of aromatic nitrogens is 8. The number of hydrogen-bond acceptors (Lipinski definition) is 7. The molecule has 108 heavy (non-hydrogen) atoms. The maximum atomic E-state index is 6.03. The number of para-hydroxylation sites is 1. The third kappa shape index (κ3) is 13.2. The van der Waals surface area contributed by atoms with Crippen LogP contribution in [0.3, 0.4) is 0 Å². The summed E-state index contributed by atoms with van der Waals surface area (Å²) in [5, 5.41) is 3.48. The van der Waals surface area contributed by atoms with Gasteiger partial charge in [-0.2, -0.15) is 0 Å². The minimum atomic E-state index is -0.0531. The monoisotopic (exact) mass is 1410 g/mol. The van der Waals surface area contributed by atoms with Crippen LogP contribution in [0.1, 0.15) is 158 Å². The number of methoxy groups -OCH3 is 1. The summed E-state index contributed by atoms with van der Waals surface area (Å²) in [6.07, 6.45) is 0. The number of benzene rings is 11. The molecule has 0 unspecified atom stereocenters. The van der Waals surface area contributed by atoms with Gasteiger partial charge in [-0.15, -0.1) is 0 Å². The van der Waals surface area contributed by atoms with Gasteiger partial charge in [0.05, 0.1) is 7.11 Å². The molecule has 0 atom stereocenters. The molecule has 538 valence electrons. The van der Waals surface area contributed by atoms with E-state index in [1.807, 2.05) is 18.2 Å². The van der Waals surface area contributed by atoms with E-state index in [1.165, 1.54) is 33.4 Å². The fourth-order valence-electron chi connectivity index (χ4n) is 15.3. The lowest BCUT2D eigenvalue weighted by Crippen LogP contribution is -2.10. The lowest BCUT2D eigenvalue weighted by molar-refractivity contribution is 0.416. The second-order valence-electron chi connectivity index (χ2n) is 35.9. The van der Waals surface area contributed by atoms with Crippen LogP contribution in [0.25, 0.3) is 168 Å². The zero-order valence-corrected chi connectivity index (χ0v) is 66.0. The first kappa shape index (κ1) is 70.9. The average molecular weight is 1410 g/mol. The van der Waals surface area contributed by atoms with E-state index in [2.05, 4.69) is 341 Å². The van der Waals surface area contributed by atoms with Crippen molar-refractivity contribution in [2.75, 3.05) is 7.11 Å². The molecule has 3 aromatic heterocycles. The van der Waals surface area contributed by atoms with Crippen LogP contribution in [0, 0.1) is 0 Å². The summed E-state index contributed by atoms with van der Waals surface area (Å²) in [5.74, 6) is 2.77. The number of ether oxygens (including phenoxy) is 1. The van der Waals surface area contributed by atoms with Crippen LogP contribution in [0.2, 0.25) is 0 Å². The van der Waals surface area contributed by atoms with E-state index < -0.39 is 0 Å². The molecule has 0 radical (unpaired) electrons. The molecule has 5 heterocycles. The molecule has 16 rings (SSSR count). The molecular weight excluding hydrogens is 1320 g/mol. The molecule has 14 aromatic rings. The Kier molecular flexibility index (Phi) is 17.0. The Bertz CT molecular complexity index is 6070. The first-order valence-electron chi connectivity index (χ1n) is 38.0. The van der Waals surface area contributed by atoms with Gasteiger partial charge in [0.2, 0.25) is 0 Å². The fraction of sp³-hybridized carbons (Fsp3) is 0.253. The Morgan fingerprint density at radius 2 is 0.444 bits per heavy atom. The van der Waals surface area contributed by atoms with Gasteiger partial charge in [0.15, 0.2) is 23.3 Å². The third-order valence-electron chi connectivity index (χ3n) is 22.0. The smallest absolute Gasteiger partial charge is 0.164 e. The largest absolute Gasteiger partial charge is 0.496 e. The average Bonchev–Trinajstić information content (AvgIpc) is 1.56. The van der Waals surface area contributed by atoms with E-state index in [1.54, 1.807) is 7.11 Å². The quantitative estimate of drug-likeness (QED) is 0.156. The number of hydrogen-bond donors (Lipinski definition) is 2. The molecule has 0 saturated carbocycles. The lowest BCUT2D eigenvalue weighted by Gasteiger charge is -2.21. The van der Waals surface area contributed by atoms with E-state index in [0.29, 0.717) is 45.9 Å². The molecule has 2 aliphatic rings. The highest BCUT2D eigenvalue weighted by Gasteiger charge is 2.30. The van der Waals surface area contributed by atoms with Gasteiger partial charge in [-0.3, -0.25) is 0 Å². The molecule has 0 saturated heterocycles. The summed E-state index contributed by atoms with van der Waals surface area (Å²) in [7, 11) is 1.72. The van der Waals surface area contributed by atoms with Crippen molar-refractivity contribution in [2.45, 2.75) is 157 Å². The Morgan fingerprint density at radius 1 is 0.213 bits per heavy atom. The second kappa shape index (κ2) is 25.9. The molecule has 0 aliphatic carbocycles. The van der Waals surface area contributed by atoms with E-state index in [0.717, 1.165) is 127 Å². The van der Waals surface area contributed by atoms with Crippen molar-refractivity contribution in [1.82, 2.24) is 39.9 Å². The zero-order chi connectivity index (χ0) is 75.9. The third-order valence-corrected chi connectivity index (χ3v) is 22.0. The van der Waals surface area contributed by atoms with Crippen molar-refractivity contribution >= 4 is 44.1 Å². The molecule has 9 nitrogen and oxygen atoms in total. The van der Waals surface area contributed by atoms with Gasteiger partial charge >= 0.3 is 0 Å². The number of H-pyrrole nitrogens is 2. The first-order valence-corrected chi connectivity index (χ1v) is 38.0. The summed E-state index contributed by atoms with van der Waals surface area (Å²) in [5.41, 5.74) is 27.7. The lowest BCUT2D eigenvalue weighted by atomic mass is 9.84. The van der Waals surface area contributed by atoms with Gasteiger partial charge in [-0.1, -0.05) is 294 Å². The van der Waals surface area contributed by atoms with Crippen LogP contribution in [0.4, 0.5) is 0 Å². The SMILES string of the molecule is COc1ccccc1-c1ccc2c(c1)-c1nc-2nc2[nH]c(nc3nc(nc4[nH]c(n1)c1cc(-c5ccc(C(C)(C)C)cc5)c(-c5ccc(C(C)(C)C)cc5)cc41)-c1cc(-c4ccc(C(C)(C)C)cc4)c(-c4ccc(C(C)(C)C)cc4)cc1-3)c1cc(-c3ccc(C(C)(C)C)cc3)c(-c3ccc(C(C)(C)C)cc3)cc21. The molecule has 2 aliphatic heterocycles. The Hall–Kier alpha value is -11.4. The Morgan fingerprint density at radius 3 is 0.704 bits per heavy atom. The standard InChI is InChI=1S/C99H96N8O/c1-94(2,3)64-37-24-57(25-38-64)72-51-79-80(52-73(72)58-26-39-65(40-27-58)95(4,5)6)90-103-88(79)101-86-71-49-36-63(70-22-20-21-23-85(70)108-19)50-78(71)87(100-86)102-89-81-53-74(59-28-41-66(42-29-59)96(7,8)9)75(60-30-43-67(44-31-60)97(10,11)12)54-82(81)91(104-89)106-93-84-56-77(62-34-47-69(48-35-62)99(16,17)18)76(55-83(84)92(105-90)107-93)61-32-45-68(46-33-61)98(13,14)15/h20-56H,1-19H3,(H2,100,101,102,103,104,105,106,107). The van der Waals surface area contributed by atoms with Crippen molar-refractivity contribution in [3.05, 3.63) is 258 Å². The van der Waals surface area contributed by atoms with Gasteiger partial charge in [0.25, 0.3) is 0 Å². The molecule has 2 N–H and O–H groups in total. The number of nitrogens with zero attached hydrogens (tertiary/aromatic N) is 6. The van der Waals surface area contributed by atoms with Crippen LogP contribution >= 0.6 is 0 Å². The van der Waals surface area contributed by atoms with Crippen LogP contribution in [-0.2, 0) is 32.5 Å².